The van der Waals surface area contributed by atoms with E-state index in [1.165, 1.54) is 24.3 Å². The van der Waals surface area contributed by atoms with Crippen LogP contribution in [-0.4, -0.2) is 31.3 Å². The topological polar surface area (TPSA) is 117 Å². The van der Waals surface area contributed by atoms with Gasteiger partial charge in [-0.25, -0.2) is 13.1 Å². The average Bonchev–Trinajstić information content (AvgIpc) is 3.62. The normalized spacial score (nSPS) is 13.4. The molecule has 3 aromatic rings. The second kappa shape index (κ2) is 9.29. The molecule has 1 fully saturated rings. The van der Waals surface area contributed by atoms with Gasteiger partial charge in [-0.1, -0.05) is 12.1 Å². The molecule has 32 heavy (non-hydrogen) atoms. The number of nitrogens with one attached hydrogen (secondary N) is 3. The molecular formula is C23H22N4O4S. The summed E-state index contributed by atoms with van der Waals surface area (Å²) in [6.07, 6.45) is 3.35. The van der Waals surface area contributed by atoms with E-state index in [1.54, 1.807) is 36.5 Å². The number of nitrogens with zero attached hydrogens (tertiary/aromatic N) is 1. The first-order valence-electron chi connectivity index (χ1n) is 10.1. The quantitative estimate of drug-likeness (QED) is 0.488. The maximum Gasteiger partial charge on any atom is 0.255 e. The van der Waals surface area contributed by atoms with Crippen LogP contribution in [0.5, 0.6) is 0 Å². The molecule has 3 N–H and O–H groups in total. The summed E-state index contributed by atoms with van der Waals surface area (Å²) in [7, 11) is -3.57. The zero-order chi connectivity index (χ0) is 22.6. The number of anilines is 1. The molecule has 1 aliphatic carbocycles. The van der Waals surface area contributed by atoms with Gasteiger partial charge in [0.1, 0.15) is 0 Å². The number of amides is 2. The van der Waals surface area contributed by atoms with E-state index in [2.05, 4.69) is 20.3 Å². The highest BCUT2D eigenvalue weighted by atomic mass is 32.2. The van der Waals surface area contributed by atoms with Crippen molar-refractivity contribution in [3.63, 3.8) is 0 Å². The fourth-order valence-corrected chi connectivity index (χ4v) is 4.30. The maximum atomic E-state index is 12.6. The van der Waals surface area contributed by atoms with Crippen LogP contribution in [0.3, 0.4) is 0 Å². The highest BCUT2D eigenvalue weighted by Gasteiger charge is 2.28. The Balaban J connectivity index is 1.38. The van der Waals surface area contributed by atoms with Crippen LogP contribution >= 0.6 is 0 Å². The summed E-state index contributed by atoms with van der Waals surface area (Å²) in [6, 6.07) is 17.8. The maximum absolute atomic E-state index is 12.6. The first-order valence-corrected chi connectivity index (χ1v) is 11.6. The predicted molar refractivity (Wildman–Crippen MR) is 120 cm³/mol. The Labute approximate surface area is 186 Å². The van der Waals surface area contributed by atoms with Crippen molar-refractivity contribution in [2.45, 2.75) is 30.3 Å². The average molecular weight is 451 g/mol. The molecule has 0 aliphatic heterocycles. The Bertz CT molecular complexity index is 1220. The lowest BCUT2D eigenvalue weighted by molar-refractivity contribution is 0.0949. The predicted octanol–water partition coefficient (Wildman–Crippen LogP) is 2.70. The fraction of sp³-hybridized carbons (Fsp3) is 0.174. The molecule has 0 radical (unpaired) electrons. The Morgan fingerprint density at radius 1 is 0.906 bits per heavy atom. The minimum atomic E-state index is -3.57. The lowest BCUT2D eigenvalue weighted by atomic mass is 10.1. The van der Waals surface area contributed by atoms with Crippen molar-refractivity contribution in [3.8, 4) is 0 Å². The van der Waals surface area contributed by atoms with E-state index in [0.717, 1.165) is 18.5 Å². The monoisotopic (exact) mass is 450 g/mol. The molecule has 8 nitrogen and oxygen atoms in total. The van der Waals surface area contributed by atoms with Crippen molar-refractivity contribution in [1.29, 1.82) is 0 Å². The van der Waals surface area contributed by atoms with Crippen LogP contribution in [0.4, 0.5) is 5.69 Å². The number of hydrogen-bond donors (Lipinski definition) is 3. The molecule has 9 heteroatoms. The van der Waals surface area contributed by atoms with E-state index in [1.807, 2.05) is 12.1 Å². The van der Waals surface area contributed by atoms with Crippen molar-refractivity contribution < 1.29 is 18.0 Å². The molecule has 0 atom stereocenters. The second-order valence-electron chi connectivity index (χ2n) is 7.46. The highest BCUT2D eigenvalue weighted by molar-refractivity contribution is 7.89. The van der Waals surface area contributed by atoms with Crippen molar-refractivity contribution in [3.05, 3.63) is 89.7 Å². The van der Waals surface area contributed by atoms with E-state index in [-0.39, 0.29) is 16.8 Å². The molecule has 0 saturated heterocycles. The first-order chi connectivity index (χ1) is 15.4. The van der Waals surface area contributed by atoms with Crippen LogP contribution in [0.1, 0.15) is 39.3 Å². The molecule has 4 rings (SSSR count). The smallest absolute Gasteiger partial charge is 0.255 e. The number of pyridine rings is 1. The van der Waals surface area contributed by atoms with Gasteiger partial charge >= 0.3 is 0 Å². The Kier molecular flexibility index (Phi) is 6.29. The first kappa shape index (κ1) is 21.7. The highest BCUT2D eigenvalue weighted by Crippen LogP contribution is 2.22. The number of hydrogen-bond acceptors (Lipinski definition) is 5. The van der Waals surface area contributed by atoms with Crippen LogP contribution in [0.25, 0.3) is 0 Å². The molecule has 1 heterocycles. The summed E-state index contributed by atoms with van der Waals surface area (Å²) in [5.41, 5.74) is 1.89. The van der Waals surface area contributed by atoms with Crippen molar-refractivity contribution in [2.75, 3.05) is 5.32 Å². The number of carbonyl (C=O) groups is 2. The summed E-state index contributed by atoms with van der Waals surface area (Å²) < 4.78 is 27.1. The summed E-state index contributed by atoms with van der Waals surface area (Å²) in [5, 5.41) is 5.52. The van der Waals surface area contributed by atoms with E-state index >= 15 is 0 Å². The van der Waals surface area contributed by atoms with Crippen LogP contribution < -0.4 is 15.4 Å². The van der Waals surface area contributed by atoms with Gasteiger partial charge in [0, 0.05) is 29.1 Å². The van der Waals surface area contributed by atoms with E-state index < -0.39 is 15.9 Å². The van der Waals surface area contributed by atoms with Gasteiger partial charge in [-0.2, -0.15) is 0 Å². The second-order valence-corrected chi connectivity index (χ2v) is 9.17. The van der Waals surface area contributed by atoms with E-state index in [4.69, 9.17) is 0 Å². The van der Waals surface area contributed by atoms with Gasteiger partial charge in [0.25, 0.3) is 11.8 Å². The Hall–Kier alpha value is -3.56. The molecule has 1 saturated carbocycles. The zero-order valence-electron chi connectivity index (χ0n) is 17.1. The van der Waals surface area contributed by atoms with Gasteiger partial charge in [0.2, 0.25) is 10.0 Å². The molecule has 164 valence electrons. The third kappa shape index (κ3) is 5.57. The molecular weight excluding hydrogens is 428 g/mol. The van der Waals surface area contributed by atoms with Crippen molar-refractivity contribution in [1.82, 2.24) is 15.0 Å². The van der Waals surface area contributed by atoms with Crippen LogP contribution in [0.2, 0.25) is 0 Å². The van der Waals surface area contributed by atoms with Gasteiger partial charge in [0.15, 0.2) is 0 Å². The third-order valence-corrected chi connectivity index (χ3v) is 6.40. The molecule has 0 spiro atoms. The summed E-state index contributed by atoms with van der Waals surface area (Å²) in [4.78, 5) is 29.3. The lowest BCUT2D eigenvalue weighted by Gasteiger charge is -2.09. The summed E-state index contributed by atoms with van der Waals surface area (Å²) in [5.74, 6) is -0.695. The van der Waals surface area contributed by atoms with Gasteiger partial charge < -0.3 is 10.6 Å². The van der Waals surface area contributed by atoms with E-state index in [9.17, 15) is 18.0 Å². The molecule has 0 bridgehead atoms. The van der Waals surface area contributed by atoms with Crippen LogP contribution in [0, 0.1) is 0 Å². The number of sulfonamides is 1. The SMILES string of the molecule is O=C(NCc1ccccn1)c1cccc(NC(=O)c2ccc(S(=O)(=O)NC3CC3)cc2)c1. The third-order valence-electron chi connectivity index (χ3n) is 4.86. The molecule has 2 aromatic carbocycles. The van der Waals surface area contributed by atoms with Gasteiger partial charge in [-0.3, -0.25) is 14.6 Å². The zero-order valence-corrected chi connectivity index (χ0v) is 17.9. The fourth-order valence-electron chi connectivity index (χ4n) is 2.99. The van der Waals surface area contributed by atoms with Crippen LogP contribution in [0.15, 0.2) is 77.8 Å². The number of carbonyl (C=O) groups excluding carboxylic acids is 2. The molecule has 1 aliphatic rings. The summed E-state index contributed by atoms with van der Waals surface area (Å²) >= 11 is 0. The van der Waals surface area contributed by atoms with Gasteiger partial charge in [0.05, 0.1) is 17.1 Å². The van der Waals surface area contributed by atoms with Gasteiger partial charge in [-0.15, -0.1) is 0 Å². The van der Waals surface area contributed by atoms with Crippen molar-refractivity contribution >= 4 is 27.5 Å². The number of rotatable bonds is 8. The largest absolute Gasteiger partial charge is 0.346 e. The standard InChI is InChI=1S/C23H22N4O4S/c28-22(25-15-20-5-1-2-13-24-20)17-4-3-6-19(14-17)26-23(29)16-7-11-21(12-8-16)32(30,31)27-18-9-10-18/h1-8,11-14,18,27H,9-10,15H2,(H,25,28)(H,26,29). The minimum Gasteiger partial charge on any atom is -0.346 e. The van der Waals surface area contributed by atoms with Crippen molar-refractivity contribution in [2.24, 2.45) is 0 Å². The Morgan fingerprint density at radius 2 is 1.69 bits per heavy atom. The molecule has 0 unspecified atom stereocenters. The minimum absolute atomic E-state index is 0.0106. The van der Waals surface area contributed by atoms with Gasteiger partial charge in [-0.05, 0) is 67.4 Å². The Morgan fingerprint density at radius 3 is 2.38 bits per heavy atom. The summed E-state index contributed by atoms with van der Waals surface area (Å²) in [6.45, 7) is 0.293. The van der Waals surface area contributed by atoms with E-state index in [0.29, 0.717) is 23.4 Å². The van der Waals surface area contributed by atoms with Crippen LogP contribution in [-0.2, 0) is 16.6 Å². The molecule has 1 aromatic heterocycles. The number of benzene rings is 2. The number of aromatic nitrogens is 1. The molecule has 2 amide bonds. The lowest BCUT2D eigenvalue weighted by Crippen LogP contribution is -2.25.